The molecule has 4 heteroatoms. The van der Waals surface area contributed by atoms with E-state index < -0.39 is 5.25 Å². The van der Waals surface area contributed by atoms with E-state index >= 15 is 0 Å². The molecule has 2 rings (SSSR count). The van der Waals surface area contributed by atoms with Crippen molar-refractivity contribution in [2.24, 2.45) is 0 Å². The smallest absolute Gasteiger partial charge is 0.175 e. The number of rotatable bonds is 4. The molecule has 0 aliphatic rings. The number of Topliss-reactive ketones (excluding diaryl/α,β-unsaturated/α-hetero) is 1. The fraction of sp³-hybridized carbons (Fsp3) is 0.133. The van der Waals surface area contributed by atoms with Gasteiger partial charge in [0.2, 0.25) is 0 Å². The third kappa shape index (κ3) is 3.82. The number of carbonyl (C=O) groups excluding carboxylic acids is 1. The Morgan fingerprint density at radius 1 is 1.11 bits per heavy atom. The molecule has 1 nitrogen and oxygen atoms in total. The van der Waals surface area contributed by atoms with Gasteiger partial charge in [-0.3, -0.25) is 4.79 Å². The van der Waals surface area contributed by atoms with Gasteiger partial charge in [-0.1, -0.05) is 23.7 Å². The SMILES string of the molecule is O=C(c1ccc(F)cc1)C(S)Cc1ccc(Cl)cc1. The Bertz CT molecular complexity index is 566. The maximum Gasteiger partial charge on any atom is 0.175 e. The first kappa shape index (κ1) is 14.1. The third-order valence-electron chi connectivity index (χ3n) is 2.77. The van der Waals surface area contributed by atoms with Gasteiger partial charge in [-0.2, -0.15) is 12.6 Å². The predicted molar refractivity (Wildman–Crippen MR) is 78.7 cm³/mol. The van der Waals surface area contributed by atoms with E-state index in [2.05, 4.69) is 12.6 Å². The Kier molecular flexibility index (Phi) is 4.61. The van der Waals surface area contributed by atoms with Crippen LogP contribution in [-0.2, 0) is 6.42 Å². The predicted octanol–water partition coefficient (Wildman–Crippen LogP) is 4.20. The summed E-state index contributed by atoms with van der Waals surface area (Å²) < 4.78 is 12.8. The molecule has 19 heavy (non-hydrogen) atoms. The number of hydrogen-bond donors (Lipinski definition) is 1. The molecule has 1 unspecified atom stereocenters. The summed E-state index contributed by atoms with van der Waals surface area (Å²) in [7, 11) is 0. The lowest BCUT2D eigenvalue weighted by atomic mass is 10.0. The van der Waals surface area contributed by atoms with Gasteiger partial charge in [0.05, 0.1) is 5.25 Å². The van der Waals surface area contributed by atoms with Crippen LogP contribution < -0.4 is 0 Å². The van der Waals surface area contributed by atoms with Crippen molar-refractivity contribution in [3.05, 3.63) is 70.5 Å². The lowest BCUT2D eigenvalue weighted by molar-refractivity contribution is 0.0989. The normalized spacial score (nSPS) is 12.2. The van der Waals surface area contributed by atoms with Crippen molar-refractivity contribution in [1.82, 2.24) is 0 Å². The summed E-state index contributed by atoms with van der Waals surface area (Å²) >= 11 is 10.1. The molecule has 2 aromatic carbocycles. The molecule has 0 saturated heterocycles. The van der Waals surface area contributed by atoms with Crippen molar-refractivity contribution < 1.29 is 9.18 Å². The lowest BCUT2D eigenvalue weighted by Crippen LogP contribution is -2.17. The number of carbonyl (C=O) groups is 1. The van der Waals surface area contributed by atoms with E-state index in [1.165, 1.54) is 24.3 Å². The van der Waals surface area contributed by atoms with E-state index in [0.717, 1.165) is 5.56 Å². The second kappa shape index (κ2) is 6.22. The van der Waals surface area contributed by atoms with E-state index in [4.69, 9.17) is 11.6 Å². The molecular weight excluding hydrogens is 283 g/mol. The maximum absolute atomic E-state index is 12.8. The first-order chi connectivity index (χ1) is 9.06. The second-order valence-electron chi connectivity index (χ2n) is 4.22. The topological polar surface area (TPSA) is 17.1 Å². The van der Waals surface area contributed by atoms with Crippen LogP contribution in [0.5, 0.6) is 0 Å². The van der Waals surface area contributed by atoms with Gasteiger partial charge in [0.1, 0.15) is 5.82 Å². The molecule has 0 fully saturated rings. The minimum Gasteiger partial charge on any atom is -0.293 e. The first-order valence-corrected chi connectivity index (χ1v) is 6.68. The molecule has 0 amide bonds. The van der Waals surface area contributed by atoms with Crippen LogP contribution >= 0.6 is 24.2 Å². The monoisotopic (exact) mass is 294 g/mol. The van der Waals surface area contributed by atoms with Crippen molar-refractivity contribution in [2.75, 3.05) is 0 Å². The largest absolute Gasteiger partial charge is 0.293 e. The van der Waals surface area contributed by atoms with Crippen molar-refractivity contribution in [3.8, 4) is 0 Å². The van der Waals surface area contributed by atoms with Crippen molar-refractivity contribution in [1.29, 1.82) is 0 Å². The van der Waals surface area contributed by atoms with Crippen LogP contribution in [0.1, 0.15) is 15.9 Å². The first-order valence-electron chi connectivity index (χ1n) is 5.78. The number of thiol groups is 1. The van der Waals surface area contributed by atoms with Crippen LogP contribution in [0.25, 0.3) is 0 Å². The molecule has 0 N–H and O–H groups in total. The zero-order valence-corrected chi connectivity index (χ0v) is 11.7. The highest BCUT2D eigenvalue weighted by Crippen LogP contribution is 2.16. The maximum atomic E-state index is 12.8. The van der Waals surface area contributed by atoms with Crippen molar-refractivity contribution >= 4 is 30.0 Å². The summed E-state index contributed by atoms with van der Waals surface area (Å²) in [5, 5.41) is 0.205. The summed E-state index contributed by atoms with van der Waals surface area (Å²) in [5.41, 5.74) is 1.45. The quantitative estimate of drug-likeness (QED) is 0.660. The van der Waals surface area contributed by atoms with Gasteiger partial charge in [0, 0.05) is 10.6 Å². The Labute approximate surface area is 121 Å². The summed E-state index contributed by atoms with van der Waals surface area (Å²) in [5.74, 6) is -0.469. The second-order valence-corrected chi connectivity index (χ2v) is 5.28. The highest BCUT2D eigenvalue weighted by molar-refractivity contribution is 7.81. The van der Waals surface area contributed by atoms with Gasteiger partial charge >= 0.3 is 0 Å². The number of benzene rings is 2. The molecule has 0 heterocycles. The minimum absolute atomic E-state index is 0.113. The van der Waals surface area contributed by atoms with Gasteiger partial charge < -0.3 is 0 Å². The molecular formula is C15H12ClFOS. The Balaban J connectivity index is 2.07. The molecule has 0 aliphatic carbocycles. The summed E-state index contributed by atoms with van der Waals surface area (Å²) in [6.45, 7) is 0. The number of ketones is 1. The average molecular weight is 295 g/mol. The van der Waals surface area contributed by atoms with E-state index in [-0.39, 0.29) is 11.6 Å². The van der Waals surface area contributed by atoms with Crippen LogP contribution in [0, 0.1) is 5.82 Å². The van der Waals surface area contributed by atoms with Gasteiger partial charge in [-0.05, 0) is 48.4 Å². The summed E-state index contributed by atoms with van der Waals surface area (Å²) in [4.78, 5) is 12.1. The molecule has 0 radical (unpaired) electrons. The lowest BCUT2D eigenvalue weighted by Gasteiger charge is -2.10. The zero-order chi connectivity index (χ0) is 13.8. The summed E-state index contributed by atoms with van der Waals surface area (Å²) in [6.07, 6.45) is 0.510. The fourth-order valence-corrected chi connectivity index (χ4v) is 2.23. The molecule has 0 spiro atoms. The Hall–Kier alpha value is -1.32. The van der Waals surface area contributed by atoms with Gasteiger partial charge in [0.15, 0.2) is 5.78 Å². The molecule has 1 atom stereocenters. The number of hydrogen-bond acceptors (Lipinski definition) is 2. The Morgan fingerprint density at radius 3 is 2.26 bits per heavy atom. The van der Waals surface area contributed by atoms with Crippen LogP contribution in [0.15, 0.2) is 48.5 Å². The highest BCUT2D eigenvalue weighted by Gasteiger charge is 2.16. The molecule has 98 valence electrons. The Morgan fingerprint density at radius 2 is 1.68 bits per heavy atom. The third-order valence-corrected chi connectivity index (χ3v) is 3.44. The zero-order valence-electron chi connectivity index (χ0n) is 10.0. The fourth-order valence-electron chi connectivity index (χ4n) is 1.74. The molecule has 0 aromatic heterocycles. The highest BCUT2D eigenvalue weighted by atomic mass is 35.5. The average Bonchev–Trinajstić information content (AvgIpc) is 2.41. The standard InChI is InChI=1S/C15H12ClFOS/c16-12-5-1-10(2-6-12)9-14(19)15(18)11-3-7-13(17)8-4-11/h1-8,14,19H,9H2. The van der Waals surface area contributed by atoms with Gasteiger partial charge in [-0.15, -0.1) is 0 Å². The van der Waals surface area contributed by atoms with Gasteiger partial charge in [-0.25, -0.2) is 4.39 Å². The van der Waals surface area contributed by atoms with E-state index in [1.54, 1.807) is 12.1 Å². The van der Waals surface area contributed by atoms with E-state index in [0.29, 0.717) is 17.0 Å². The number of halogens is 2. The van der Waals surface area contributed by atoms with Crippen molar-refractivity contribution in [3.63, 3.8) is 0 Å². The van der Waals surface area contributed by atoms with Gasteiger partial charge in [0.25, 0.3) is 0 Å². The van der Waals surface area contributed by atoms with Crippen LogP contribution in [0.2, 0.25) is 5.02 Å². The summed E-state index contributed by atoms with van der Waals surface area (Å²) in [6, 6.07) is 12.8. The van der Waals surface area contributed by atoms with Crippen LogP contribution in [0.3, 0.4) is 0 Å². The molecule has 0 bridgehead atoms. The minimum atomic E-state index is -0.452. The van der Waals surface area contributed by atoms with E-state index in [1.807, 2.05) is 12.1 Å². The molecule has 0 saturated carbocycles. The van der Waals surface area contributed by atoms with Crippen LogP contribution in [-0.4, -0.2) is 11.0 Å². The van der Waals surface area contributed by atoms with Crippen molar-refractivity contribution in [2.45, 2.75) is 11.7 Å². The van der Waals surface area contributed by atoms with E-state index in [9.17, 15) is 9.18 Å². The molecule has 2 aromatic rings. The van der Waals surface area contributed by atoms with Crippen LogP contribution in [0.4, 0.5) is 4.39 Å². The molecule has 0 aliphatic heterocycles.